The van der Waals surface area contributed by atoms with Crippen molar-refractivity contribution in [1.82, 2.24) is 24.6 Å². The fourth-order valence-corrected chi connectivity index (χ4v) is 3.60. The first-order chi connectivity index (χ1) is 14.1. The van der Waals surface area contributed by atoms with Gasteiger partial charge in [-0.25, -0.2) is 4.98 Å². The Balaban J connectivity index is 1.38. The highest BCUT2D eigenvalue weighted by molar-refractivity contribution is 5.98. The number of nitriles is 1. The van der Waals surface area contributed by atoms with Crippen molar-refractivity contribution in [3.8, 4) is 17.2 Å². The van der Waals surface area contributed by atoms with E-state index in [-0.39, 0.29) is 30.2 Å². The average Bonchev–Trinajstić information content (AvgIpc) is 3.22. The Morgan fingerprint density at radius 1 is 1.34 bits per heavy atom. The normalized spacial score (nSPS) is 16.4. The Hall–Kier alpha value is -3.67. The lowest BCUT2D eigenvalue weighted by Crippen LogP contribution is -2.50. The van der Waals surface area contributed by atoms with Crippen molar-refractivity contribution in [3.05, 3.63) is 30.7 Å². The van der Waals surface area contributed by atoms with Crippen LogP contribution in [0.4, 0.5) is 5.82 Å². The summed E-state index contributed by atoms with van der Waals surface area (Å²) in [6.07, 6.45) is 7.34. The third-order valence-electron chi connectivity index (χ3n) is 5.46. The van der Waals surface area contributed by atoms with Gasteiger partial charge in [-0.3, -0.25) is 14.3 Å². The van der Waals surface area contributed by atoms with Crippen LogP contribution in [0, 0.1) is 17.2 Å². The lowest BCUT2D eigenvalue weighted by Gasteiger charge is -2.38. The van der Waals surface area contributed by atoms with Crippen LogP contribution in [-0.2, 0) is 9.59 Å². The number of nitrogens with zero attached hydrogens (tertiary/aromatic N) is 5. The quantitative estimate of drug-likeness (QED) is 0.692. The zero-order valence-corrected chi connectivity index (χ0v) is 15.6. The second kappa shape index (κ2) is 6.74. The van der Waals surface area contributed by atoms with Crippen LogP contribution < -0.4 is 5.32 Å². The van der Waals surface area contributed by atoms with Crippen LogP contribution >= 0.6 is 0 Å². The summed E-state index contributed by atoms with van der Waals surface area (Å²) >= 11 is 0. The summed E-state index contributed by atoms with van der Waals surface area (Å²) in [6, 6.07) is 5.82. The number of aromatic nitrogens is 4. The highest BCUT2D eigenvalue weighted by Crippen LogP contribution is 2.33. The molecule has 2 fully saturated rings. The number of anilines is 1. The van der Waals surface area contributed by atoms with Gasteiger partial charge in [0.05, 0.1) is 18.3 Å². The smallest absolute Gasteiger partial charge is 0.236 e. The molecule has 146 valence electrons. The first kappa shape index (κ1) is 17.4. The molecule has 9 nitrogen and oxygen atoms in total. The van der Waals surface area contributed by atoms with Crippen molar-refractivity contribution in [2.24, 2.45) is 5.92 Å². The molecule has 1 aliphatic heterocycles. The molecule has 3 aromatic heterocycles. The molecule has 29 heavy (non-hydrogen) atoms. The van der Waals surface area contributed by atoms with E-state index in [4.69, 9.17) is 5.26 Å². The van der Waals surface area contributed by atoms with Crippen LogP contribution in [0.1, 0.15) is 25.3 Å². The van der Waals surface area contributed by atoms with Crippen molar-refractivity contribution < 1.29 is 9.59 Å². The molecule has 1 saturated carbocycles. The first-order valence-corrected chi connectivity index (χ1v) is 9.60. The van der Waals surface area contributed by atoms with E-state index < -0.39 is 0 Å². The molecule has 5 rings (SSSR count). The fraction of sp³-hybridized carbons (Fsp3) is 0.350. The monoisotopic (exact) mass is 389 g/mol. The van der Waals surface area contributed by atoms with Gasteiger partial charge in [0.25, 0.3) is 0 Å². The summed E-state index contributed by atoms with van der Waals surface area (Å²) < 4.78 is 1.85. The van der Waals surface area contributed by atoms with Gasteiger partial charge in [0.1, 0.15) is 17.9 Å². The number of fused-ring (bicyclic) bond motifs is 1. The van der Waals surface area contributed by atoms with E-state index in [1.54, 1.807) is 11.1 Å². The summed E-state index contributed by atoms with van der Waals surface area (Å²) in [6.45, 7) is 1.11. The number of carbonyl (C=O) groups is 2. The standard InChI is InChI=1S/C20H19N7O2/c21-5-3-18(28)26-10-14(11-26)27-9-13(8-23-27)16-7-17(25-20(29)12-1-2-12)24-19-15(16)4-6-22-19/h4,6-9,12,14H,1-3,10-11H2,(H2,22,24,25,29). The molecule has 2 aliphatic rings. The highest BCUT2D eigenvalue weighted by Gasteiger charge is 2.32. The Kier molecular flexibility index (Phi) is 4.05. The summed E-state index contributed by atoms with van der Waals surface area (Å²) in [5, 5.41) is 17.0. The number of rotatable bonds is 5. The van der Waals surface area contributed by atoms with E-state index >= 15 is 0 Å². The minimum atomic E-state index is -0.143. The van der Waals surface area contributed by atoms with E-state index in [9.17, 15) is 9.59 Å². The van der Waals surface area contributed by atoms with Crippen LogP contribution in [-0.4, -0.2) is 49.6 Å². The number of hydrogen-bond acceptors (Lipinski definition) is 5. The second-order valence-electron chi connectivity index (χ2n) is 7.55. The molecule has 1 aliphatic carbocycles. The SMILES string of the molecule is N#CCC(=O)N1CC(n2cc(-c3cc(NC(=O)C4CC4)nc4[nH]ccc34)cn2)C1. The van der Waals surface area contributed by atoms with E-state index in [2.05, 4.69) is 20.4 Å². The number of hydrogen-bond donors (Lipinski definition) is 2. The van der Waals surface area contributed by atoms with Gasteiger partial charge in [0.15, 0.2) is 0 Å². The van der Waals surface area contributed by atoms with Crippen molar-refractivity contribution in [2.75, 3.05) is 18.4 Å². The number of pyridine rings is 1. The Morgan fingerprint density at radius 2 is 2.17 bits per heavy atom. The van der Waals surface area contributed by atoms with Gasteiger partial charge in [-0.15, -0.1) is 0 Å². The molecule has 3 aromatic rings. The Bertz CT molecular complexity index is 1150. The van der Waals surface area contributed by atoms with Crippen molar-refractivity contribution >= 4 is 28.7 Å². The molecule has 0 bridgehead atoms. The number of amides is 2. The molecular weight excluding hydrogens is 370 g/mol. The summed E-state index contributed by atoms with van der Waals surface area (Å²) in [5.41, 5.74) is 2.56. The largest absolute Gasteiger partial charge is 0.346 e. The van der Waals surface area contributed by atoms with E-state index in [0.717, 1.165) is 29.4 Å². The van der Waals surface area contributed by atoms with Gasteiger partial charge < -0.3 is 15.2 Å². The summed E-state index contributed by atoms with van der Waals surface area (Å²) in [4.78, 5) is 33.2. The van der Waals surface area contributed by atoms with Gasteiger partial charge in [0.2, 0.25) is 11.8 Å². The maximum absolute atomic E-state index is 12.1. The fourth-order valence-electron chi connectivity index (χ4n) is 3.60. The zero-order chi connectivity index (χ0) is 20.0. The summed E-state index contributed by atoms with van der Waals surface area (Å²) in [7, 11) is 0. The third-order valence-corrected chi connectivity index (χ3v) is 5.46. The van der Waals surface area contributed by atoms with Gasteiger partial charge in [-0.1, -0.05) is 0 Å². The average molecular weight is 389 g/mol. The maximum Gasteiger partial charge on any atom is 0.236 e. The van der Waals surface area contributed by atoms with Crippen molar-refractivity contribution in [2.45, 2.75) is 25.3 Å². The maximum atomic E-state index is 12.1. The third kappa shape index (κ3) is 3.23. The molecule has 0 radical (unpaired) electrons. The molecule has 2 amide bonds. The number of nitrogens with one attached hydrogen (secondary N) is 2. The van der Waals surface area contributed by atoms with Crippen molar-refractivity contribution in [1.29, 1.82) is 5.26 Å². The van der Waals surface area contributed by atoms with Gasteiger partial charge in [-0.2, -0.15) is 10.4 Å². The van der Waals surface area contributed by atoms with Crippen molar-refractivity contribution in [3.63, 3.8) is 0 Å². The van der Waals surface area contributed by atoms with Gasteiger partial charge in [0, 0.05) is 42.4 Å². The molecule has 0 unspecified atom stereocenters. The number of likely N-dealkylation sites (tertiary alicyclic amines) is 1. The van der Waals surface area contributed by atoms with Crippen LogP contribution in [0.25, 0.3) is 22.2 Å². The number of aromatic amines is 1. The molecule has 4 heterocycles. The Morgan fingerprint density at radius 3 is 2.93 bits per heavy atom. The van der Waals surface area contributed by atoms with Gasteiger partial charge >= 0.3 is 0 Å². The van der Waals surface area contributed by atoms with E-state index in [0.29, 0.717) is 24.6 Å². The van der Waals surface area contributed by atoms with E-state index in [1.165, 1.54) is 0 Å². The van der Waals surface area contributed by atoms with Crippen LogP contribution in [0.15, 0.2) is 30.7 Å². The zero-order valence-electron chi connectivity index (χ0n) is 15.6. The highest BCUT2D eigenvalue weighted by atomic mass is 16.2. The van der Waals surface area contributed by atoms with Crippen LogP contribution in [0.5, 0.6) is 0 Å². The topological polar surface area (TPSA) is 120 Å². The lowest BCUT2D eigenvalue weighted by molar-refractivity contribution is -0.136. The number of carbonyl (C=O) groups excluding carboxylic acids is 2. The molecule has 0 spiro atoms. The lowest BCUT2D eigenvalue weighted by atomic mass is 10.1. The van der Waals surface area contributed by atoms with Crippen LogP contribution in [0.3, 0.4) is 0 Å². The van der Waals surface area contributed by atoms with Gasteiger partial charge in [-0.05, 0) is 30.5 Å². The molecule has 9 heteroatoms. The molecule has 0 atom stereocenters. The molecule has 2 N–H and O–H groups in total. The minimum Gasteiger partial charge on any atom is -0.346 e. The predicted octanol–water partition coefficient (Wildman–Crippen LogP) is 2.07. The first-order valence-electron chi connectivity index (χ1n) is 9.60. The second-order valence-corrected chi connectivity index (χ2v) is 7.55. The summed E-state index contributed by atoms with van der Waals surface area (Å²) in [5.74, 6) is 0.501. The molecular formula is C20H19N7O2. The molecule has 0 aromatic carbocycles. The number of H-pyrrole nitrogens is 1. The molecule has 1 saturated heterocycles. The minimum absolute atomic E-state index is 0.0154. The predicted molar refractivity (Wildman–Crippen MR) is 105 cm³/mol. The van der Waals surface area contributed by atoms with E-state index in [1.807, 2.05) is 35.3 Å². The van der Waals surface area contributed by atoms with Crippen LogP contribution in [0.2, 0.25) is 0 Å². The Labute approximate surface area is 166 Å².